The van der Waals surface area contributed by atoms with Gasteiger partial charge in [-0.05, 0) is 39.9 Å². The van der Waals surface area contributed by atoms with E-state index in [9.17, 15) is 24.6 Å². The first-order chi connectivity index (χ1) is 16.4. The minimum Gasteiger partial charge on any atom is -0.449 e. The number of benzene rings is 3. The minimum absolute atomic E-state index is 0.0262. The molecular formula is C26H21NO7. The Morgan fingerprint density at radius 2 is 1.50 bits per heavy atom. The molecule has 0 saturated heterocycles. The highest BCUT2D eigenvalue weighted by Gasteiger charge is 2.32. The standard InChI is InChI=1S/C26H21NO7/c28-22(23(29)14-9-10-19-20(11-14)25(31)34-24(19)30)12-27-26(32)33-13-21-17-7-3-1-5-15(17)16-6-2-4-8-18(16)21/h1-11,21-23,28-29H,12-13H2,(H,27,32). The maximum absolute atomic E-state index is 12.3. The number of amides is 1. The molecule has 0 saturated carbocycles. The molecule has 3 aromatic carbocycles. The number of cyclic esters (lactones) is 2. The largest absolute Gasteiger partial charge is 0.449 e. The summed E-state index contributed by atoms with van der Waals surface area (Å²) in [7, 11) is 0. The number of hydrogen-bond acceptors (Lipinski definition) is 7. The third-order valence-corrected chi connectivity index (χ3v) is 6.17. The second kappa shape index (κ2) is 8.74. The topological polar surface area (TPSA) is 122 Å². The lowest BCUT2D eigenvalue weighted by atomic mass is 9.98. The van der Waals surface area contributed by atoms with Crippen LogP contribution in [0, 0.1) is 0 Å². The molecule has 2 atom stereocenters. The van der Waals surface area contributed by atoms with Gasteiger partial charge in [0.1, 0.15) is 18.8 Å². The zero-order valence-electron chi connectivity index (χ0n) is 17.9. The molecule has 34 heavy (non-hydrogen) atoms. The SMILES string of the molecule is O=C(NCC(O)C(O)c1ccc2c(c1)C(=O)OC2=O)OCC1c2ccccc2-c2ccccc21. The third kappa shape index (κ3) is 3.83. The summed E-state index contributed by atoms with van der Waals surface area (Å²) < 4.78 is 9.94. The van der Waals surface area contributed by atoms with Crippen molar-refractivity contribution in [3.63, 3.8) is 0 Å². The number of aliphatic hydroxyl groups excluding tert-OH is 2. The van der Waals surface area contributed by atoms with E-state index >= 15 is 0 Å². The first-order valence-electron chi connectivity index (χ1n) is 10.8. The third-order valence-electron chi connectivity index (χ3n) is 6.17. The van der Waals surface area contributed by atoms with Crippen LogP contribution in [-0.4, -0.2) is 47.5 Å². The van der Waals surface area contributed by atoms with Crippen LogP contribution in [-0.2, 0) is 9.47 Å². The molecule has 3 N–H and O–H groups in total. The lowest BCUT2D eigenvalue weighted by Gasteiger charge is -2.19. The predicted molar refractivity (Wildman–Crippen MR) is 120 cm³/mol. The highest BCUT2D eigenvalue weighted by atomic mass is 16.6. The zero-order valence-corrected chi connectivity index (χ0v) is 17.9. The average Bonchev–Trinajstić information content (AvgIpc) is 3.33. The predicted octanol–water partition coefficient (Wildman–Crippen LogP) is 2.93. The fourth-order valence-corrected chi connectivity index (χ4v) is 4.46. The van der Waals surface area contributed by atoms with E-state index in [0.717, 1.165) is 22.3 Å². The van der Waals surface area contributed by atoms with Crippen molar-refractivity contribution in [2.45, 2.75) is 18.1 Å². The van der Waals surface area contributed by atoms with Gasteiger partial charge in [0, 0.05) is 12.5 Å². The van der Waals surface area contributed by atoms with E-state index in [4.69, 9.17) is 4.74 Å². The number of carbonyl (C=O) groups excluding carboxylic acids is 3. The van der Waals surface area contributed by atoms with Crippen molar-refractivity contribution in [2.75, 3.05) is 13.2 Å². The molecule has 0 spiro atoms. The molecule has 0 aromatic heterocycles. The summed E-state index contributed by atoms with van der Waals surface area (Å²) in [6.07, 6.45) is -3.49. The Bertz CT molecular complexity index is 1260. The number of hydrogen-bond donors (Lipinski definition) is 3. The molecule has 0 bridgehead atoms. The zero-order chi connectivity index (χ0) is 23.8. The van der Waals surface area contributed by atoms with Crippen molar-refractivity contribution in [1.82, 2.24) is 5.32 Å². The van der Waals surface area contributed by atoms with E-state index in [1.807, 2.05) is 48.5 Å². The maximum Gasteiger partial charge on any atom is 0.407 e. The number of rotatable bonds is 6. The first kappa shape index (κ1) is 21.8. The maximum atomic E-state index is 12.3. The highest BCUT2D eigenvalue weighted by Crippen LogP contribution is 2.44. The van der Waals surface area contributed by atoms with E-state index in [1.54, 1.807) is 0 Å². The number of carbonyl (C=O) groups is 3. The van der Waals surface area contributed by atoms with Gasteiger partial charge in [0.25, 0.3) is 0 Å². The van der Waals surface area contributed by atoms with Crippen molar-refractivity contribution in [3.8, 4) is 11.1 Å². The smallest absolute Gasteiger partial charge is 0.407 e. The van der Waals surface area contributed by atoms with E-state index in [1.165, 1.54) is 18.2 Å². The molecule has 0 fully saturated rings. The quantitative estimate of drug-likeness (QED) is 0.383. The number of esters is 2. The van der Waals surface area contributed by atoms with Gasteiger partial charge in [-0.1, -0.05) is 54.6 Å². The van der Waals surface area contributed by atoms with Crippen LogP contribution in [0.25, 0.3) is 11.1 Å². The van der Waals surface area contributed by atoms with Crippen molar-refractivity contribution in [3.05, 3.63) is 94.5 Å². The Kier molecular flexibility index (Phi) is 5.61. The lowest BCUT2D eigenvalue weighted by molar-refractivity contribution is 0.0185. The molecule has 1 amide bonds. The number of aliphatic hydroxyl groups is 2. The Morgan fingerprint density at radius 1 is 0.882 bits per heavy atom. The van der Waals surface area contributed by atoms with Crippen molar-refractivity contribution in [1.29, 1.82) is 0 Å². The van der Waals surface area contributed by atoms with E-state index in [2.05, 4.69) is 10.1 Å². The van der Waals surface area contributed by atoms with E-state index < -0.39 is 30.2 Å². The van der Waals surface area contributed by atoms with Gasteiger partial charge in [0.15, 0.2) is 0 Å². The van der Waals surface area contributed by atoms with Gasteiger partial charge in [0.05, 0.1) is 11.1 Å². The summed E-state index contributed by atoms with van der Waals surface area (Å²) >= 11 is 0. The lowest BCUT2D eigenvalue weighted by Crippen LogP contribution is -2.36. The summed E-state index contributed by atoms with van der Waals surface area (Å²) in [4.78, 5) is 35.6. The van der Waals surface area contributed by atoms with Gasteiger partial charge in [-0.2, -0.15) is 0 Å². The van der Waals surface area contributed by atoms with Gasteiger partial charge in [0.2, 0.25) is 0 Å². The Labute approximate surface area is 194 Å². The van der Waals surface area contributed by atoms with Crippen molar-refractivity contribution >= 4 is 18.0 Å². The summed E-state index contributed by atoms with van der Waals surface area (Å²) in [5, 5.41) is 23.2. The van der Waals surface area contributed by atoms with Crippen molar-refractivity contribution in [2.24, 2.45) is 0 Å². The summed E-state index contributed by atoms with van der Waals surface area (Å²) in [6, 6.07) is 20.0. The molecule has 5 rings (SSSR count). The van der Waals surface area contributed by atoms with Crippen LogP contribution in [0.4, 0.5) is 4.79 Å². The summed E-state index contributed by atoms with van der Waals surface area (Å²) in [5.74, 6) is -1.65. The summed E-state index contributed by atoms with van der Waals surface area (Å²) in [5.41, 5.74) is 4.75. The number of ether oxygens (including phenoxy) is 2. The van der Waals surface area contributed by atoms with Crippen LogP contribution in [0.15, 0.2) is 66.7 Å². The molecule has 8 heteroatoms. The average molecular weight is 459 g/mol. The van der Waals surface area contributed by atoms with Crippen LogP contribution in [0.5, 0.6) is 0 Å². The van der Waals surface area contributed by atoms with Crippen LogP contribution < -0.4 is 5.32 Å². The molecule has 0 radical (unpaired) electrons. The molecule has 3 aromatic rings. The highest BCUT2D eigenvalue weighted by molar-refractivity contribution is 6.14. The van der Waals surface area contributed by atoms with Crippen LogP contribution in [0.1, 0.15) is 49.4 Å². The van der Waals surface area contributed by atoms with Crippen LogP contribution >= 0.6 is 0 Å². The van der Waals surface area contributed by atoms with Crippen molar-refractivity contribution < 1.29 is 34.1 Å². The normalized spacial score (nSPS) is 15.7. The molecule has 1 aliphatic heterocycles. The molecule has 172 valence electrons. The number of alkyl carbamates (subject to hydrolysis) is 1. The molecule has 2 aliphatic rings. The fraction of sp³-hybridized carbons (Fsp3) is 0.192. The Hall–Kier alpha value is -4.01. The fourth-order valence-electron chi connectivity index (χ4n) is 4.46. The van der Waals surface area contributed by atoms with Gasteiger partial charge >= 0.3 is 18.0 Å². The van der Waals surface area contributed by atoms with Gasteiger partial charge < -0.3 is 25.0 Å². The van der Waals surface area contributed by atoms with Crippen LogP contribution in [0.2, 0.25) is 0 Å². The Morgan fingerprint density at radius 3 is 2.18 bits per heavy atom. The van der Waals surface area contributed by atoms with Crippen LogP contribution in [0.3, 0.4) is 0 Å². The summed E-state index contributed by atoms with van der Waals surface area (Å²) in [6.45, 7) is -0.155. The monoisotopic (exact) mass is 459 g/mol. The van der Waals surface area contributed by atoms with E-state index in [0.29, 0.717) is 0 Å². The molecule has 8 nitrogen and oxygen atoms in total. The minimum atomic E-state index is -1.40. The van der Waals surface area contributed by atoms with E-state index in [-0.39, 0.29) is 35.8 Å². The number of nitrogens with one attached hydrogen (secondary N) is 1. The molecule has 1 aliphatic carbocycles. The van der Waals surface area contributed by atoms with Gasteiger partial charge in [-0.3, -0.25) is 0 Å². The second-order valence-corrected chi connectivity index (χ2v) is 8.20. The number of fused-ring (bicyclic) bond motifs is 4. The second-order valence-electron chi connectivity index (χ2n) is 8.20. The first-order valence-corrected chi connectivity index (χ1v) is 10.8. The Balaban J connectivity index is 1.18. The molecule has 2 unspecified atom stereocenters. The van der Waals surface area contributed by atoms with Gasteiger partial charge in [-0.25, -0.2) is 14.4 Å². The molecule has 1 heterocycles. The molecular weight excluding hydrogens is 438 g/mol. The van der Waals surface area contributed by atoms with Gasteiger partial charge in [-0.15, -0.1) is 0 Å².